The number of benzene rings is 1. The minimum absolute atomic E-state index is 0.117. The van der Waals surface area contributed by atoms with Crippen molar-refractivity contribution in [2.24, 2.45) is 0 Å². The number of aliphatic hydroxyl groups is 1. The third-order valence-corrected chi connectivity index (χ3v) is 5.76. The molecule has 0 spiro atoms. The van der Waals surface area contributed by atoms with Gasteiger partial charge in [0.2, 0.25) is 0 Å². The highest BCUT2D eigenvalue weighted by atomic mass is 32.1. The van der Waals surface area contributed by atoms with Gasteiger partial charge in [0.05, 0.1) is 16.0 Å². The topological polar surface area (TPSA) is 20.2 Å². The van der Waals surface area contributed by atoms with Gasteiger partial charge in [0, 0.05) is 16.9 Å². The summed E-state index contributed by atoms with van der Waals surface area (Å²) in [5, 5.41) is 14.8. The first-order chi connectivity index (χ1) is 11.3. The Labute approximate surface area is 146 Å². The van der Waals surface area contributed by atoms with E-state index in [9.17, 15) is 18.3 Å². The summed E-state index contributed by atoms with van der Waals surface area (Å²) in [5.41, 5.74) is -0.742. The first-order valence-corrected chi connectivity index (χ1v) is 9.04. The van der Waals surface area contributed by atoms with Gasteiger partial charge in [-0.2, -0.15) is 13.2 Å². The summed E-state index contributed by atoms with van der Waals surface area (Å²) in [6, 6.07) is 10.9. The van der Waals surface area contributed by atoms with Gasteiger partial charge in [-0.05, 0) is 41.4 Å². The van der Waals surface area contributed by atoms with Crippen molar-refractivity contribution in [3.63, 3.8) is 0 Å². The highest BCUT2D eigenvalue weighted by Crippen LogP contribution is 2.40. The van der Waals surface area contributed by atoms with Crippen LogP contribution in [0, 0.1) is 0 Å². The Morgan fingerprint density at radius 2 is 1.79 bits per heavy atom. The minimum atomic E-state index is -4.38. The Bertz CT molecular complexity index is 817. The zero-order valence-electron chi connectivity index (χ0n) is 12.8. The average Bonchev–Trinajstić information content (AvgIpc) is 3.17. The molecule has 3 aromatic rings. The molecule has 0 aliphatic carbocycles. The van der Waals surface area contributed by atoms with Gasteiger partial charge in [0.15, 0.2) is 0 Å². The van der Waals surface area contributed by atoms with Gasteiger partial charge >= 0.3 is 6.18 Å². The lowest BCUT2D eigenvalue weighted by Gasteiger charge is -2.24. The van der Waals surface area contributed by atoms with Gasteiger partial charge in [-0.25, -0.2) is 0 Å². The van der Waals surface area contributed by atoms with E-state index in [1.165, 1.54) is 17.4 Å². The molecule has 0 saturated heterocycles. The van der Waals surface area contributed by atoms with Crippen LogP contribution >= 0.6 is 22.7 Å². The molecule has 0 aliphatic rings. The predicted molar refractivity (Wildman–Crippen MR) is 92.4 cm³/mol. The molecule has 24 heavy (non-hydrogen) atoms. The first-order valence-electron chi connectivity index (χ1n) is 7.28. The SMILES string of the molecule is CC(O)(Cc1cccc(C(F)(F)F)c1)c1ccsc1-c1cccs1. The van der Waals surface area contributed by atoms with Crippen LogP contribution in [0.15, 0.2) is 53.2 Å². The molecule has 126 valence electrons. The molecule has 0 radical (unpaired) electrons. The highest BCUT2D eigenvalue weighted by molar-refractivity contribution is 7.20. The van der Waals surface area contributed by atoms with Crippen molar-refractivity contribution in [2.45, 2.75) is 25.1 Å². The maximum absolute atomic E-state index is 12.9. The van der Waals surface area contributed by atoms with Gasteiger partial charge in [0.1, 0.15) is 0 Å². The van der Waals surface area contributed by atoms with Crippen molar-refractivity contribution < 1.29 is 18.3 Å². The maximum atomic E-state index is 12.9. The third-order valence-electron chi connectivity index (χ3n) is 3.79. The lowest BCUT2D eigenvalue weighted by atomic mass is 9.88. The molecule has 0 bridgehead atoms. The van der Waals surface area contributed by atoms with Crippen LogP contribution in [0.4, 0.5) is 13.2 Å². The Kier molecular flexibility index (Phi) is 4.55. The first kappa shape index (κ1) is 17.2. The van der Waals surface area contributed by atoms with E-state index in [-0.39, 0.29) is 6.42 Å². The molecule has 0 aliphatic heterocycles. The summed E-state index contributed by atoms with van der Waals surface area (Å²) in [7, 11) is 0. The van der Waals surface area contributed by atoms with E-state index in [0.717, 1.165) is 27.5 Å². The summed E-state index contributed by atoms with van der Waals surface area (Å²) in [5.74, 6) is 0. The summed E-state index contributed by atoms with van der Waals surface area (Å²) < 4.78 is 38.6. The van der Waals surface area contributed by atoms with Crippen molar-refractivity contribution >= 4 is 22.7 Å². The fourth-order valence-electron chi connectivity index (χ4n) is 2.68. The van der Waals surface area contributed by atoms with Crippen molar-refractivity contribution in [1.82, 2.24) is 0 Å². The van der Waals surface area contributed by atoms with E-state index < -0.39 is 17.3 Å². The molecule has 1 unspecified atom stereocenters. The fraction of sp³-hybridized carbons (Fsp3) is 0.222. The predicted octanol–water partition coefficient (Wildman–Crippen LogP) is 5.95. The number of alkyl halides is 3. The highest BCUT2D eigenvalue weighted by Gasteiger charge is 2.32. The Balaban J connectivity index is 1.92. The number of hydrogen-bond acceptors (Lipinski definition) is 3. The Morgan fingerprint density at radius 1 is 1.00 bits per heavy atom. The normalized spacial score (nSPS) is 14.5. The van der Waals surface area contributed by atoms with E-state index >= 15 is 0 Å². The number of rotatable bonds is 4. The van der Waals surface area contributed by atoms with Crippen LogP contribution in [0.3, 0.4) is 0 Å². The quantitative estimate of drug-likeness (QED) is 0.604. The maximum Gasteiger partial charge on any atom is 0.416 e. The van der Waals surface area contributed by atoms with E-state index in [4.69, 9.17) is 0 Å². The smallest absolute Gasteiger partial charge is 0.385 e. The lowest BCUT2D eigenvalue weighted by Crippen LogP contribution is -2.24. The van der Waals surface area contributed by atoms with Crippen molar-refractivity contribution in [2.75, 3.05) is 0 Å². The third kappa shape index (κ3) is 3.55. The molecule has 1 aromatic carbocycles. The molecule has 0 fully saturated rings. The van der Waals surface area contributed by atoms with Gasteiger partial charge in [-0.1, -0.05) is 24.3 Å². The number of thiophene rings is 2. The molecular formula is C18H15F3OS2. The lowest BCUT2D eigenvalue weighted by molar-refractivity contribution is -0.137. The van der Waals surface area contributed by atoms with Crippen LogP contribution in [-0.2, 0) is 18.2 Å². The van der Waals surface area contributed by atoms with Crippen molar-refractivity contribution in [3.05, 3.63) is 69.9 Å². The largest absolute Gasteiger partial charge is 0.416 e. The number of hydrogen-bond donors (Lipinski definition) is 1. The van der Waals surface area contributed by atoms with Crippen LogP contribution in [0.1, 0.15) is 23.6 Å². The van der Waals surface area contributed by atoms with E-state index in [1.54, 1.807) is 24.3 Å². The van der Waals surface area contributed by atoms with Crippen molar-refractivity contribution in [1.29, 1.82) is 0 Å². The minimum Gasteiger partial charge on any atom is -0.385 e. The molecule has 1 nitrogen and oxygen atoms in total. The van der Waals surface area contributed by atoms with E-state index in [1.807, 2.05) is 29.0 Å². The Morgan fingerprint density at radius 3 is 2.46 bits per heavy atom. The molecular weight excluding hydrogens is 353 g/mol. The second-order valence-corrected chi connectivity index (χ2v) is 7.65. The molecule has 0 amide bonds. The fourth-order valence-corrected chi connectivity index (χ4v) is 4.59. The second-order valence-electron chi connectivity index (χ2n) is 5.79. The number of halogens is 3. The van der Waals surface area contributed by atoms with E-state index in [2.05, 4.69) is 0 Å². The summed E-state index contributed by atoms with van der Waals surface area (Å²) in [6.07, 6.45) is -4.27. The van der Waals surface area contributed by atoms with Crippen LogP contribution in [0.2, 0.25) is 0 Å². The molecule has 3 rings (SSSR count). The molecule has 1 atom stereocenters. The molecule has 2 aromatic heterocycles. The van der Waals surface area contributed by atoms with Crippen LogP contribution in [0.5, 0.6) is 0 Å². The van der Waals surface area contributed by atoms with Crippen molar-refractivity contribution in [3.8, 4) is 9.75 Å². The molecule has 0 saturated carbocycles. The van der Waals surface area contributed by atoms with Gasteiger partial charge < -0.3 is 5.11 Å². The second kappa shape index (κ2) is 6.35. The molecule has 1 N–H and O–H groups in total. The summed E-state index contributed by atoms with van der Waals surface area (Å²) in [6.45, 7) is 1.65. The Hall–Kier alpha value is -1.63. The average molecular weight is 368 g/mol. The zero-order chi connectivity index (χ0) is 17.4. The van der Waals surface area contributed by atoms with E-state index in [0.29, 0.717) is 5.56 Å². The standard InChI is InChI=1S/C18H15F3OS2/c1-17(22,11-12-4-2-5-13(10-12)18(19,20)21)14-7-9-24-16(14)15-6-3-8-23-15/h2-10,22H,11H2,1H3. The van der Waals surface area contributed by atoms with Crippen LogP contribution in [-0.4, -0.2) is 5.11 Å². The zero-order valence-corrected chi connectivity index (χ0v) is 14.4. The van der Waals surface area contributed by atoms with Gasteiger partial charge in [-0.3, -0.25) is 0 Å². The van der Waals surface area contributed by atoms with Crippen LogP contribution < -0.4 is 0 Å². The van der Waals surface area contributed by atoms with Gasteiger partial charge in [0.25, 0.3) is 0 Å². The summed E-state index contributed by atoms with van der Waals surface area (Å²) in [4.78, 5) is 2.01. The molecule has 6 heteroatoms. The monoisotopic (exact) mass is 368 g/mol. The summed E-state index contributed by atoms with van der Waals surface area (Å²) >= 11 is 3.10. The molecule has 2 heterocycles. The van der Waals surface area contributed by atoms with Gasteiger partial charge in [-0.15, -0.1) is 22.7 Å². The van der Waals surface area contributed by atoms with Crippen LogP contribution in [0.25, 0.3) is 9.75 Å².